The van der Waals surface area contributed by atoms with Crippen LogP contribution in [0.3, 0.4) is 0 Å². The Kier molecular flexibility index (Phi) is 3.73. The van der Waals surface area contributed by atoms with Crippen LogP contribution in [0, 0.1) is 4.77 Å². The molecule has 2 heterocycles. The highest BCUT2D eigenvalue weighted by Crippen LogP contribution is 2.16. The normalized spacial score (nSPS) is 10.8. The molecule has 0 aliphatic rings. The quantitative estimate of drug-likeness (QED) is 0.733. The van der Waals surface area contributed by atoms with Crippen LogP contribution in [0.5, 0.6) is 0 Å². The van der Waals surface area contributed by atoms with Crippen molar-refractivity contribution in [2.24, 2.45) is 0 Å². The van der Waals surface area contributed by atoms with Gasteiger partial charge in [-0.3, -0.25) is 5.10 Å². The molecular formula is C14H15N5S. The van der Waals surface area contributed by atoms with Gasteiger partial charge in [-0.1, -0.05) is 30.3 Å². The summed E-state index contributed by atoms with van der Waals surface area (Å²) in [5.74, 6) is 0.890. The summed E-state index contributed by atoms with van der Waals surface area (Å²) in [6.45, 7) is 1.75. The van der Waals surface area contributed by atoms with Crippen LogP contribution in [0.25, 0.3) is 11.4 Å². The van der Waals surface area contributed by atoms with Crippen LogP contribution in [0.2, 0.25) is 0 Å². The number of hydrogen-bond donors (Lipinski definition) is 1. The molecule has 2 aromatic heterocycles. The van der Waals surface area contributed by atoms with Crippen molar-refractivity contribution in [1.29, 1.82) is 0 Å². The van der Waals surface area contributed by atoms with Gasteiger partial charge < -0.3 is 9.13 Å². The molecule has 1 N–H and O–H groups in total. The zero-order valence-electron chi connectivity index (χ0n) is 10.9. The molecule has 20 heavy (non-hydrogen) atoms. The highest BCUT2D eigenvalue weighted by Gasteiger charge is 2.07. The SMILES string of the molecule is S=c1[nH]nc(-c2ccccc2)n1CCCn1ccnc1. The zero-order chi connectivity index (χ0) is 13.8. The van der Waals surface area contributed by atoms with Gasteiger partial charge in [-0.05, 0) is 18.6 Å². The van der Waals surface area contributed by atoms with Gasteiger partial charge in [0.1, 0.15) is 0 Å². The standard InChI is InChI=1S/C14H15N5S/c20-14-17-16-13(12-5-2-1-3-6-12)19(14)9-4-8-18-10-7-15-11-18/h1-3,5-7,10-11H,4,8-9H2,(H,17,20). The Balaban J connectivity index is 1.76. The first-order valence-electron chi connectivity index (χ1n) is 6.51. The van der Waals surface area contributed by atoms with Gasteiger partial charge in [-0.25, -0.2) is 4.98 Å². The molecule has 0 radical (unpaired) electrons. The smallest absolute Gasteiger partial charge is 0.195 e. The maximum Gasteiger partial charge on any atom is 0.195 e. The number of nitrogens with one attached hydrogen (secondary N) is 1. The number of nitrogens with zero attached hydrogens (tertiary/aromatic N) is 4. The summed E-state index contributed by atoms with van der Waals surface area (Å²) in [5, 5.41) is 7.20. The van der Waals surface area contributed by atoms with E-state index in [9.17, 15) is 0 Å². The molecule has 0 saturated carbocycles. The third-order valence-corrected chi connectivity index (χ3v) is 3.46. The van der Waals surface area contributed by atoms with Crippen molar-refractivity contribution in [3.05, 3.63) is 53.8 Å². The van der Waals surface area contributed by atoms with Crippen molar-refractivity contribution in [2.45, 2.75) is 19.5 Å². The summed E-state index contributed by atoms with van der Waals surface area (Å²) in [4.78, 5) is 4.04. The van der Waals surface area contributed by atoms with Crippen molar-refractivity contribution >= 4 is 12.2 Å². The maximum atomic E-state index is 5.31. The molecule has 0 bridgehead atoms. The second kappa shape index (κ2) is 5.83. The van der Waals surface area contributed by atoms with Crippen molar-refractivity contribution in [3.8, 4) is 11.4 Å². The predicted octanol–water partition coefficient (Wildman–Crippen LogP) is 2.89. The summed E-state index contributed by atoms with van der Waals surface area (Å²) < 4.78 is 4.77. The predicted molar refractivity (Wildman–Crippen MR) is 79.7 cm³/mol. The lowest BCUT2D eigenvalue weighted by molar-refractivity contribution is 0.562. The number of rotatable bonds is 5. The van der Waals surface area contributed by atoms with Crippen molar-refractivity contribution in [1.82, 2.24) is 24.3 Å². The van der Waals surface area contributed by atoms with Crippen molar-refractivity contribution in [3.63, 3.8) is 0 Å². The minimum Gasteiger partial charge on any atom is -0.337 e. The van der Waals surface area contributed by atoms with E-state index in [2.05, 4.69) is 19.7 Å². The number of aromatic amines is 1. The molecule has 1 aromatic carbocycles. The monoisotopic (exact) mass is 285 g/mol. The third kappa shape index (κ3) is 2.70. The molecule has 6 heteroatoms. The van der Waals surface area contributed by atoms with Gasteiger partial charge in [-0.15, -0.1) is 0 Å². The van der Waals surface area contributed by atoms with E-state index in [1.165, 1.54) is 0 Å². The third-order valence-electron chi connectivity index (χ3n) is 3.15. The fraction of sp³-hybridized carbons (Fsp3) is 0.214. The van der Waals surface area contributed by atoms with Crippen LogP contribution in [0.15, 0.2) is 49.1 Å². The second-order valence-corrected chi connectivity index (χ2v) is 4.91. The minimum atomic E-state index is 0.662. The van der Waals surface area contributed by atoms with E-state index in [4.69, 9.17) is 12.2 Å². The lowest BCUT2D eigenvalue weighted by Crippen LogP contribution is -2.04. The lowest BCUT2D eigenvalue weighted by Gasteiger charge is -2.07. The van der Waals surface area contributed by atoms with Crippen LogP contribution in [-0.2, 0) is 13.1 Å². The van der Waals surface area contributed by atoms with E-state index in [-0.39, 0.29) is 0 Å². The summed E-state index contributed by atoms with van der Waals surface area (Å²) >= 11 is 5.31. The summed E-state index contributed by atoms with van der Waals surface area (Å²) in [6, 6.07) is 10.1. The van der Waals surface area contributed by atoms with Gasteiger partial charge in [0.05, 0.1) is 6.33 Å². The molecular weight excluding hydrogens is 270 g/mol. The fourth-order valence-electron chi connectivity index (χ4n) is 2.16. The molecule has 3 aromatic rings. The molecule has 0 aliphatic carbocycles. The largest absolute Gasteiger partial charge is 0.337 e. The number of H-pyrrole nitrogens is 1. The Labute approximate surface area is 121 Å². The van der Waals surface area contributed by atoms with E-state index in [1.54, 1.807) is 6.20 Å². The van der Waals surface area contributed by atoms with E-state index in [0.717, 1.165) is 30.9 Å². The van der Waals surface area contributed by atoms with E-state index in [0.29, 0.717) is 4.77 Å². The molecule has 0 unspecified atom stereocenters. The molecule has 3 rings (SSSR count). The van der Waals surface area contributed by atoms with Gasteiger partial charge in [0.15, 0.2) is 10.6 Å². The molecule has 0 atom stereocenters. The second-order valence-electron chi connectivity index (χ2n) is 4.52. The number of imidazole rings is 1. The van der Waals surface area contributed by atoms with Crippen LogP contribution in [0.1, 0.15) is 6.42 Å². The first kappa shape index (κ1) is 12.8. The fourth-order valence-corrected chi connectivity index (χ4v) is 2.39. The van der Waals surface area contributed by atoms with E-state index >= 15 is 0 Å². The summed E-state index contributed by atoms with van der Waals surface area (Å²) in [6.07, 6.45) is 6.56. The number of aromatic nitrogens is 5. The molecule has 0 fully saturated rings. The highest BCUT2D eigenvalue weighted by atomic mass is 32.1. The topological polar surface area (TPSA) is 51.4 Å². The number of hydrogen-bond acceptors (Lipinski definition) is 3. The van der Waals surface area contributed by atoms with Gasteiger partial charge >= 0.3 is 0 Å². The Morgan fingerprint density at radius 1 is 1.15 bits per heavy atom. The Morgan fingerprint density at radius 2 is 2.00 bits per heavy atom. The van der Waals surface area contributed by atoms with Crippen LogP contribution in [-0.4, -0.2) is 24.3 Å². The number of benzene rings is 1. The van der Waals surface area contributed by atoms with Gasteiger partial charge in [0.25, 0.3) is 0 Å². The van der Waals surface area contributed by atoms with Gasteiger partial charge in [-0.2, -0.15) is 5.10 Å². The molecule has 0 saturated heterocycles. The van der Waals surface area contributed by atoms with Crippen molar-refractivity contribution in [2.75, 3.05) is 0 Å². The first-order chi connectivity index (χ1) is 9.84. The molecule has 5 nitrogen and oxygen atoms in total. The molecule has 102 valence electrons. The van der Waals surface area contributed by atoms with E-state index < -0.39 is 0 Å². The summed E-state index contributed by atoms with van der Waals surface area (Å²) in [5.41, 5.74) is 1.07. The molecule has 0 aliphatic heterocycles. The average molecular weight is 285 g/mol. The minimum absolute atomic E-state index is 0.662. The zero-order valence-corrected chi connectivity index (χ0v) is 11.8. The van der Waals surface area contributed by atoms with E-state index in [1.807, 2.05) is 47.4 Å². The first-order valence-corrected chi connectivity index (χ1v) is 6.92. The average Bonchev–Trinajstić information content (AvgIpc) is 3.11. The maximum absolute atomic E-state index is 5.31. The van der Waals surface area contributed by atoms with Crippen LogP contribution in [0.4, 0.5) is 0 Å². The molecule has 0 spiro atoms. The van der Waals surface area contributed by atoms with Crippen LogP contribution < -0.4 is 0 Å². The van der Waals surface area contributed by atoms with Crippen LogP contribution >= 0.6 is 12.2 Å². The Hall–Kier alpha value is -2.21. The highest BCUT2D eigenvalue weighted by molar-refractivity contribution is 7.71. The van der Waals surface area contributed by atoms with Crippen molar-refractivity contribution < 1.29 is 0 Å². The summed E-state index contributed by atoms with van der Waals surface area (Å²) in [7, 11) is 0. The Morgan fingerprint density at radius 3 is 2.75 bits per heavy atom. The van der Waals surface area contributed by atoms with Gasteiger partial charge in [0.2, 0.25) is 0 Å². The molecule has 0 amide bonds. The lowest BCUT2D eigenvalue weighted by atomic mass is 10.2. The number of aryl methyl sites for hydroxylation is 1. The Bertz CT molecular complexity index is 712. The van der Waals surface area contributed by atoms with Gasteiger partial charge in [0, 0.05) is 31.0 Å².